The number of nitrogens with zero attached hydrogens (tertiary/aromatic N) is 1. The van der Waals surface area contributed by atoms with Gasteiger partial charge < -0.3 is 23.9 Å². The van der Waals surface area contributed by atoms with Crippen molar-refractivity contribution in [3.05, 3.63) is 41.9 Å². The van der Waals surface area contributed by atoms with E-state index in [2.05, 4.69) is 16.3 Å². The van der Waals surface area contributed by atoms with Gasteiger partial charge in [0.1, 0.15) is 5.76 Å². The number of rotatable bonds is 9. The van der Waals surface area contributed by atoms with Crippen molar-refractivity contribution >= 4 is 0 Å². The first-order valence-electron chi connectivity index (χ1n) is 9.04. The van der Waals surface area contributed by atoms with Gasteiger partial charge >= 0.3 is 0 Å². The van der Waals surface area contributed by atoms with Gasteiger partial charge in [-0.1, -0.05) is 6.07 Å². The summed E-state index contributed by atoms with van der Waals surface area (Å²) in [4.78, 5) is 2.48. The summed E-state index contributed by atoms with van der Waals surface area (Å²) in [5.74, 6) is 3.00. The number of furan rings is 1. The Balaban J connectivity index is 1.69. The maximum Gasteiger partial charge on any atom is 0.203 e. The molecule has 2 heterocycles. The van der Waals surface area contributed by atoms with Crippen molar-refractivity contribution < 1.29 is 18.6 Å². The van der Waals surface area contributed by atoms with Crippen LogP contribution in [0.5, 0.6) is 17.2 Å². The highest BCUT2D eigenvalue weighted by molar-refractivity contribution is 5.55. The van der Waals surface area contributed by atoms with E-state index in [-0.39, 0.29) is 6.04 Å². The molecule has 142 valence electrons. The standard InChI is InChI=1S/C20H28N2O4/c1-23-18-9-8-15(19(24-2)20(18)25-3)13-21-14-16(17-7-6-12-26-17)22-10-4-5-11-22/h6-9,12,16,21H,4-5,10-11,13-14H2,1-3H3/t16-/m0/s1. The Morgan fingerprint density at radius 2 is 1.81 bits per heavy atom. The van der Waals surface area contributed by atoms with Crippen LogP contribution in [0.2, 0.25) is 0 Å². The molecule has 2 aromatic rings. The Morgan fingerprint density at radius 3 is 2.42 bits per heavy atom. The fraction of sp³-hybridized carbons (Fsp3) is 0.500. The third-order valence-electron chi connectivity index (χ3n) is 4.89. The number of nitrogens with one attached hydrogen (secondary N) is 1. The second-order valence-corrected chi connectivity index (χ2v) is 6.40. The highest BCUT2D eigenvalue weighted by atomic mass is 16.5. The molecule has 0 unspecified atom stereocenters. The molecule has 0 bridgehead atoms. The molecule has 0 amide bonds. The van der Waals surface area contributed by atoms with Gasteiger partial charge in [0.25, 0.3) is 0 Å². The smallest absolute Gasteiger partial charge is 0.203 e. The molecule has 0 spiro atoms. The molecular weight excluding hydrogens is 332 g/mol. The van der Waals surface area contributed by atoms with Gasteiger partial charge in [-0.25, -0.2) is 0 Å². The van der Waals surface area contributed by atoms with Gasteiger partial charge in [0.2, 0.25) is 5.75 Å². The summed E-state index contributed by atoms with van der Waals surface area (Å²) in [6, 6.07) is 8.17. The second kappa shape index (κ2) is 8.96. The average molecular weight is 360 g/mol. The normalized spacial score (nSPS) is 15.8. The fourth-order valence-electron chi connectivity index (χ4n) is 3.59. The monoisotopic (exact) mass is 360 g/mol. The Bertz CT molecular complexity index is 681. The van der Waals surface area contributed by atoms with E-state index in [0.29, 0.717) is 23.8 Å². The van der Waals surface area contributed by atoms with Crippen LogP contribution in [0, 0.1) is 0 Å². The van der Waals surface area contributed by atoms with E-state index in [0.717, 1.165) is 31.0 Å². The molecule has 6 nitrogen and oxygen atoms in total. The van der Waals surface area contributed by atoms with E-state index in [1.165, 1.54) is 12.8 Å². The zero-order valence-electron chi connectivity index (χ0n) is 15.8. The predicted octanol–water partition coefficient (Wildman–Crippen LogP) is 3.23. The molecule has 1 fully saturated rings. The SMILES string of the molecule is COc1ccc(CNC[C@@H](c2ccco2)N2CCCC2)c(OC)c1OC. The molecule has 3 rings (SSSR count). The first kappa shape index (κ1) is 18.6. The molecule has 0 aliphatic carbocycles. The maximum absolute atomic E-state index is 5.68. The van der Waals surface area contributed by atoms with E-state index in [9.17, 15) is 0 Å². The van der Waals surface area contributed by atoms with Crippen molar-refractivity contribution in [3.63, 3.8) is 0 Å². The Kier molecular flexibility index (Phi) is 6.41. The third kappa shape index (κ3) is 3.97. The van der Waals surface area contributed by atoms with Crippen LogP contribution < -0.4 is 19.5 Å². The molecule has 0 saturated carbocycles. The first-order valence-corrected chi connectivity index (χ1v) is 9.04. The van der Waals surface area contributed by atoms with Crippen LogP contribution >= 0.6 is 0 Å². The van der Waals surface area contributed by atoms with Crippen LogP contribution in [0.3, 0.4) is 0 Å². The molecule has 1 atom stereocenters. The lowest BCUT2D eigenvalue weighted by atomic mass is 10.1. The molecule has 26 heavy (non-hydrogen) atoms. The summed E-state index contributed by atoms with van der Waals surface area (Å²) >= 11 is 0. The topological polar surface area (TPSA) is 56.1 Å². The summed E-state index contributed by atoms with van der Waals surface area (Å²) in [6.45, 7) is 3.72. The predicted molar refractivity (Wildman–Crippen MR) is 100 cm³/mol. The van der Waals surface area contributed by atoms with Crippen LogP contribution in [0.15, 0.2) is 34.9 Å². The van der Waals surface area contributed by atoms with Gasteiger partial charge in [-0.15, -0.1) is 0 Å². The van der Waals surface area contributed by atoms with E-state index < -0.39 is 0 Å². The maximum atomic E-state index is 5.68. The van der Waals surface area contributed by atoms with E-state index >= 15 is 0 Å². The van der Waals surface area contributed by atoms with Crippen molar-refractivity contribution in [1.29, 1.82) is 0 Å². The molecule has 1 aromatic carbocycles. The number of benzene rings is 1. The molecule has 1 saturated heterocycles. The summed E-state index contributed by atoms with van der Waals surface area (Å²) in [7, 11) is 4.90. The van der Waals surface area contributed by atoms with E-state index in [1.807, 2.05) is 18.2 Å². The summed E-state index contributed by atoms with van der Waals surface area (Å²) in [5.41, 5.74) is 1.03. The Morgan fingerprint density at radius 1 is 1.04 bits per heavy atom. The fourth-order valence-corrected chi connectivity index (χ4v) is 3.59. The second-order valence-electron chi connectivity index (χ2n) is 6.40. The minimum absolute atomic E-state index is 0.249. The summed E-state index contributed by atoms with van der Waals surface area (Å²) < 4.78 is 22.1. The van der Waals surface area contributed by atoms with Crippen LogP contribution in [0.25, 0.3) is 0 Å². The average Bonchev–Trinajstić information content (AvgIpc) is 3.38. The Labute approximate surface area is 155 Å². The number of methoxy groups -OCH3 is 3. The highest BCUT2D eigenvalue weighted by Gasteiger charge is 2.25. The number of ether oxygens (including phenoxy) is 3. The molecule has 1 N–H and O–H groups in total. The van der Waals surface area contributed by atoms with Gasteiger partial charge in [-0.2, -0.15) is 0 Å². The number of hydrogen-bond donors (Lipinski definition) is 1. The van der Waals surface area contributed by atoms with Crippen LogP contribution in [-0.2, 0) is 6.54 Å². The quantitative estimate of drug-likeness (QED) is 0.741. The Hall–Kier alpha value is -2.18. The summed E-state index contributed by atoms with van der Waals surface area (Å²) in [5, 5.41) is 3.55. The highest BCUT2D eigenvalue weighted by Crippen LogP contribution is 2.39. The summed E-state index contributed by atoms with van der Waals surface area (Å²) in [6.07, 6.45) is 4.25. The van der Waals surface area contributed by atoms with Crippen molar-refractivity contribution in [1.82, 2.24) is 10.2 Å². The van der Waals surface area contributed by atoms with Gasteiger partial charge in [0.15, 0.2) is 11.5 Å². The minimum Gasteiger partial charge on any atom is -0.493 e. The van der Waals surface area contributed by atoms with Crippen molar-refractivity contribution in [2.24, 2.45) is 0 Å². The first-order chi connectivity index (χ1) is 12.8. The number of hydrogen-bond acceptors (Lipinski definition) is 6. The van der Waals surface area contributed by atoms with E-state index in [1.54, 1.807) is 27.6 Å². The van der Waals surface area contributed by atoms with Crippen molar-refractivity contribution in [2.75, 3.05) is 41.0 Å². The zero-order valence-corrected chi connectivity index (χ0v) is 15.8. The van der Waals surface area contributed by atoms with Gasteiger partial charge in [-0.3, -0.25) is 4.90 Å². The number of likely N-dealkylation sites (tertiary alicyclic amines) is 1. The lowest BCUT2D eigenvalue weighted by molar-refractivity contribution is 0.209. The van der Waals surface area contributed by atoms with Gasteiger partial charge in [0.05, 0.1) is 33.6 Å². The molecule has 1 aliphatic rings. The molecule has 0 radical (unpaired) electrons. The van der Waals surface area contributed by atoms with Crippen LogP contribution in [0.1, 0.15) is 30.2 Å². The van der Waals surface area contributed by atoms with Crippen LogP contribution in [0.4, 0.5) is 0 Å². The van der Waals surface area contributed by atoms with Gasteiger partial charge in [0, 0.05) is 18.7 Å². The van der Waals surface area contributed by atoms with Gasteiger partial charge in [-0.05, 0) is 44.1 Å². The lowest BCUT2D eigenvalue weighted by Gasteiger charge is -2.26. The molecule has 1 aromatic heterocycles. The largest absolute Gasteiger partial charge is 0.493 e. The lowest BCUT2D eigenvalue weighted by Crippen LogP contribution is -2.33. The molecular formula is C20H28N2O4. The van der Waals surface area contributed by atoms with E-state index in [4.69, 9.17) is 18.6 Å². The molecule has 1 aliphatic heterocycles. The van der Waals surface area contributed by atoms with Crippen molar-refractivity contribution in [2.45, 2.75) is 25.4 Å². The third-order valence-corrected chi connectivity index (χ3v) is 4.89. The van der Waals surface area contributed by atoms with Crippen LogP contribution in [-0.4, -0.2) is 45.9 Å². The molecule has 6 heteroatoms. The minimum atomic E-state index is 0.249. The zero-order chi connectivity index (χ0) is 18.4. The van der Waals surface area contributed by atoms with Crippen molar-refractivity contribution in [3.8, 4) is 17.2 Å².